The fraction of sp³-hybridized carbons (Fsp3) is 0.647. The summed E-state index contributed by atoms with van der Waals surface area (Å²) in [6, 6.07) is 0. The lowest BCUT2D eigenvalue weighted by molar-refractivity contribution is -0.272. The fourth-order valence-electron chi connectivity index (χ4n) is 3.24. The lowest BCUT2D eigenvalue weighted by atomic mass is 9.82. The van der Waals surface area contributed by atoms with Crippen molar-refractivity contribution in [1.82, 2.24) is 0 Å². The van der Waals surface area contributed by atoms with Gasteiger partial charge in [0, 0.05) is 12.8 Å². The summed E-state index contributed by atoms with van der Waals surface area (Å²) in [5, 5.41) is 9.16. The third-order valence-corrected chi connectivity index (χ3v) is 4.69. The van der Waals surface area contributed by atoms with E-state index < -0.39 is 18.2 Å². The van der Waals surface area contributed by atoms with E-state index in [-0.39, 0.29) is 23.9 Å². The maximum atomic E-state index is 11.9. The minimum absolute atomic E-state index is 0.115. The molecule has 6 heteroatoms. The highest BCUT2D eigenvalue weighted by Gasteiger charge is 2.43. The molecule has 0 aromatic heterocycles. The second-order valence-electron chi connectivity index (χ2n) is 6.41. The molecule has 1 N–H and O–H groups in total. The Bertz CT molecular complexity index is 523. The van der Waals surface area contributed by atoms with E-state index in [1.165, 1.54) is 6.92 Å². The van der Waals surface area contributed by atoms with Crippen molar-refractivity contribution in [2.75, 3.05) is 0 Å². The van der Waals surface area contributed by atoms with Crippen LogP contribution >= 0.6 is 0 Å². The molecule has 1 fully saturated rings. The molecule has 1 aliphatic heterocycles. The Morgan fingerprint density at radius 3 is 2.74 bits per heavy atom. The molecular formula is C17H24O6. The van der Waals surface area contributed by atoms with E-state index in [0.29, 0.717) is 24.8 Å². The molecule has 1 aliphatic carbocycles. The number of carbonyl (C=O) groups excluding carboxylic acids is 2. The first kappa shape index (κ1) is 17.7. The van der Waals surface area contributed by atoms with Gasteiger partial charge in [-0.25, -0.2) is 4.89 Å². The second kappa shape index (κ2) is 7.27. The first-order valence-corrected chi connectivity index (χ1v) is 7.87. The third kappa shape index (κ3) is 4.00. The molecule has 0 aromatic carbocycles. The van der Waals surface area contributed by atoms with Gasteiger partial charge in [-0.2, -0.15) is 0 Å². The van der Waals surface area contributed by atoms with Crippen LogP contribution in [0.3, 0.4) is 0 Å². The van der Waals surface area contributed by atoms with Crippen LogP contribution in [0.15, 0.2) is 23.8 Å². The first-order chi connectivity index (χ1) is 10.8. The van der Waals surface area contributed by atoms with Crippen LogP contribution in [0.1, 0.15) is 40.0 Å². The van der Waals surface area contributed by atoms with Gasteiger partial charge in [0.05, 0.1) is 5.92 Å². The summed E-state index contributed by atoms with van der Waals surface area (Å²) in [7, 11) is 0. The molecule has 0 spiro atoms. The summed E-state index contributed by atoms with van der Waals surface area (Å²) >= 11 is 0. The van der Waals surface area contributed by atoms with Crippen molar-refractivity contribution in [3.05, 3.63) is 23.8 Å². The smallest absolute Gasteiger partial charge is 0.309 e. The molecule has 6 nitrogen and oxygen atoms in total. The van der Waals surface area contributed by atoms with Crippen molar-refractivity contribution in [2.45, 2.75) is 58.3 Å². The number of hydrogen-bond acceptors (Lipinski definition) is 6. The summed E-state index contributed by atoms with van der Waals surface area (Å²) in [5.74, 6) is -1.09. The summed E-state index contributed by atoms with van der Waals surface area (Å²) in [5.41, 5.74) is 1.56. The quantitative estimate of drug-likeness (QED) is 0.364. The maximum absolute atomic E-state index is 11.9. The zero-order valence-corrected chi connectivity index (χ0v) is 13.8. The van der Waals surface area contributed by atoms with E-state index in [1.54, 1.807) is 0 Å². The number of fused-ring (bicyclic) bond motifs is 1. The highest BCUT2D eigenvalue weighted by molar-refractivity contribution is 5.75. The molecule has 23 heavy (non-hydrogen) atoms. The fourth-order valence-corrected chi connectivity index (χ4v) is 3.24. The van der Waals surface area contributed by atoms with Crippen molar-refractivity contribution in [3.8, 4) is 0 Å². The topological polar surface area (TPSA) is 82.1 Å². The Morgan fingerprint density at radius 2 is 2.13 bits per heavy atom. The zero-order chi connectivity index (χ0) is 17.1. The summed E-state index contributed by atoms with van der Waals surface area (Å²) < 4.78 is 10.8. The molecule has 1 saturated heterocycles. The summed E-state index contributed by atoms with van der Waals surface area (Å²) in [4.78, 5) is 27.9. The van der Waals surface area contributed by atoms with Gasteiger partial charge < -0.3 is 9.47 Å². The molecule has 2 rings (SSSR count). The Morgan fingerprint density at radius 1 is 1.43 bits per heavy atom. The van der Waals surface area contributed by atoms with Crippen molar-refractivity contribution >= 4 is 11.9 Å². The zero-order valence-electron chi connectivity index (χ0n) is 13.8. The Balaban J connectivity index is 2.34. The van der Waals surface area contributed by atoms with Crippen LogP contribution < -0.4 is 0 Å². The average molecular weight is 324 g/mol. The molecule has 128 valence electrons. The number of ether oxygens (including phenoxy) is 2. The van der Waals surface area contributed by atoms with Crippen molar-refractivity contribution in [1.29, 1.82) is 0 Å². The van der Waals surface area contributed by atoms with Crippen LogP contribution in [0, 0.1) is 11.8 Å². The van der Waals surface area contributed by atoms with E-state index >= 15 is 0 Å². The normalized spacial score (nSPS) is 35.1. The lowest BCUT2D eigenvalue weighted by Crippen LogP contribution is -2.33. The Kier molecular flexibility index (Phi) is 5.59. The molecule has 0 bridgehead atoms. The number of rotatable bonds is 2. The molecule has 0 aromatic rings. The van der Waals surface area contributed by atoms with Crippen LogP contribution in [0.5, 0.6) is 0 Å². The van der Waals surface area contributed by atoms with E-state index in [4.69, 9.17) is 14.7 Å². The Hall–Kier alpha value is -1.66. The SMILES string of the molecule is C=C1C(OO)CCC(C)=CC2OC(=O)C(C)C2CC1OC(C)=O. The number of esters is 2. The van der Waals surface area contributed by atoms with Crippen molar-refractivity contribution in [2.24, 2.45) is 11.8 Å². The molecule has 5 atom stereocenters. The van der Waals surface area contributed by atoms with Crippen molar-refractivity contribution < 1.29 is 29.2 Å². The minimum atomic E-state index is -0.624. The molecule has 0 amide bonds. The Labute approximate surface area is 136 Å². The molecule has 5 unspecified atom stereocenters. The van der Waals surface area contributed by atoms with Gasteiger partial charge >= 0.3 is 11.9 Å². The molecule has 0 saturated carbocycles. The number of carbonyl (C=O) groups is 2. The lowest BCUT2D eigenvalue weighted by Gasteiger charge is -2.29. The van der Waals surface area contributed by atoms with Gasteiger partial charge in [0.2, 0.25) is 0 Å². The van der Waals surface area contributed by atoms with Crippen LogP contribution in [0.25, 0.3) is 0 Å². The monoisotopic (exact) mass is 324 g/mol. The largest absolute Gasteiger partial charge is 0.458 e. The van der Waals surface area contributed by atoms with Crippen LogP contribution in [0.4, 0.5) is 0 Å². The molecule has 0 radical (unpaired) electrons. The van der Waals surface area contributed by atoms with E-state index in [9.17, 15) is 9.59 Å². The van der Waals surface area contributed by atoms with E-state index in [0.717, 1.165) is 5.57 Å². The van der Waals surface area contributed by atoms with Gasteiger partial charge in [0.1, 0.15) is 18.3 Å². The summed E-state index contributed by atoms with van der Waals surface area (Å²) in [6.07, 6.45) is 1.95. The van der Waals surface area contributed by atoms with Gasteiger partial charge in [0.15, 0.2) is 0 Å². The highest BCUT2D eigenvalue weighted by Crippen LogP contribution is 2.37. The second-order valence-corrected chi connectivity index (χ2v) is 6.41. The number of allylic oxidation sites excluding steroid dienone is 1. The first-order valence-electron chi connectivity index (χ1n) is 7.87. The van der Waals surface area contributed by atoms with Gasteiger partial charge in [-0.05, 0) is 37.8 Å². The van der Waals surface area contributed by atoms with Crippen LogP contribution in [-0.2, 0) is 24.0 Å². The van der Waals surface area contributed by atoms with Crippen LogP contribution in [-0.4, -0.2) is 35.5 Å². The van der Waals surface area contributed by atoms with E-state index in [1.807, 2.05) is 19.9 Å². The standard InChI is InChI=1S/C17H24O6/c1-9-5-6-14(23-20)11(3)15(21-12(4)18)8-13-10(2)17(19)22-16(13)7-9/h7,10,13-16,20H,3,5-6,8H2,1-2,4H3. The molecule has 2 aliphatic rings. The predicted molar refractivity (Wildman–Crippen MR) is 82.3 cm³/mol. The minimum Gasteiger partial charge on any atom is -0.458 e. The average Bonchev–Trinajstić information content (AvgIpc) is 2.73. The molecular weight excluding hydrogens is 300 g/mol. The van der Waals surface area contributed by atoms with Crippen LogP contribution in [0.2, 0.25) is 0 Å². The van der Waals surface area contributed by atoms with Crippen molar-refractivity contribution in [3.63, 3.8) is 0 Å². The summed E-state index contributed by atoms with van der Waals surface area (Å²) in [6.45, 7) is 9.04. The van der Waals surface area contributed by atoms with Gasteiger partial charge in [-0.1, -0.05) is 19.1 Å². The van der Waals surface area contributed by atoms with Gasteiger partial charge in [-0.3, -0.25) is 14.8 Å². The predicted octanol–water partition coefficient (Wildman–Crippen LogP) is 2.64. The highest BCUT2D eigenvalue weighted by atomic mass is 17.1. The third-order valence-electron chi connectivity index (χ3n) is 4.69. The van der Waals surface area contributed by atoms with Gasteiger partial charge in [-0.15, -0.1) is 0 Å². The number of hydrogen-bond donors (Lipinski definition) is 1. The molecule has 1 heterocycles. The maximum Gasteiger partial charge on any atom is 0.309 e. The van der Waals surface area contributed by atoms with E-state index in [2.05, 4.69) is 11.5 Å². The van der Waals surface area contributed by atoms with Gasteiger partial charge in [0.25, 0.3) is 0 Å².